The number of thiazole rings is 1. The Kier molecular flexibility index (Phi) is 3.05. The predicted octanol–water partition coefficient (Wildman–Crippen LogP) is 3.14. The van der Waals surface area contributed by atoms with E-state index in [1.54, 1.807) is 23.5 Å². The van der Waals surface area contributed by atoms with Gasteiger partial charge in [-0.2, -0.15) is 0 Å². The second-order valence-electron chi connectivity index (χ2n) is 4.10. The van der Waals surface area contributed by atoms with Crippen molar-refractivity contribution in [2.45, 2.75) is 13.5 Å². The third-order valence-corrected chi connectivity index (χ3v) is 3.47. The van der Waals surface area contributed by atoms with E-state index >= 15 is 0 Å². The Morgan fingerprint density at radius 3 is 2.95 bits per heavy atom. The molecule has 96 valence electrons. The van der Waals surface area contributed by atoms with Crippen molar-refractivity contribution in [3.05, 3.63) is 56.8 Å². The van der Waals surface area contributed by atoms with E-state index in [0.29, 0.717) is 17.9 Å². The maximum Gasteiger partial charge on any atom is 0.336 e. The fourth-order valence-corrected chi connectivity index (χ4v) is 2.36. The summed E-state index contributed by atoms with van der Waals surface area (Å²) in [6.45, 7) is 2.37. The molecule has 0 spiro atoms. The molecule has 3 rings (SSSR count). The van der Waals surface area contributed by atoms with E-state index in [9.17, 15) is 4.79 Å². The number of aromatic nitrogens is 1. The molecule has 4 nitrogen and oxygen atoms in total. The van der Waals surface area contributed by atoms with E-state index in [0.717, 1.165) is 16.1 Å². The first-order valence-corrected chi connectivity index (χ1v) is 6.66. The minimum atomic E-state index is -0.361. The Bertz CT molecular complexity index is 775. The van der Waals surface area contributed by atoms with Crippen molar-refractivity contribution in [2.75, 3.05) is 0 Å². The van der Waals surface area contributed by atoms with Crippen LogP contribution in [0, 0.1) is 6.92 Å². The molecular formula is C14H11NO3S. The Hall–Kier alpha value is -2.14. The van der Waals surface area contributed by atoms with Crippen LogP contribution in [-0.4, -0.2) is 4.98 Å². The average molecular weight is 273 g/mol. The summed E-state index contributed by atoms with van der Waals surface area (Å²) in [7, 11) is 0. The SMILES string of the molecule is Cc1nc(COc2ccc3ccc(=O)oc3c2)cs1. The summed E-state index contributed by atoms with van der Waals surface area (Å²) >= 11 is 1.59. The van der Waals surface area contributed by atoms with Gasteiger partial charge in [0, 0.05) is 22.9 Å². The van der Waals surface area contributed by atoms with E-state index in [4.69, 9.17) is 9.15 Å². The normalized spacial score (nSPS) is 10.8. The highest BCUT2D eigenvalue weighted by Gasteiger charge is 2.02. The number of benzene rings is 1. The smallest absolute Gasteiger partial charge is 0.336 e. The molecule has 5 heteroatoms. The van der Waals surface area contributed by atoms with Crippen molar-refractivity contribution in [2.24, 2.45) is 0 Å². The molecule has 0 N–H and O–H groups in total. The maximum atomic E-state index is 11.2. The minimum absolute atomic E-state index is 0.361. The van der Waals surface area contributed by atoms with Gasteiger partial charge in [0.1, 0.15) is 17.9 Å². The second-order valence-corrected chi connectivity index (χ2v) is 5.16. The lowest BCUT2D eigenvalue weighted by molar-refractivity contribution is 0.302. The molecule has 0 bridgehead atoms. The molecule has 3 aromatic rings. The van der Waals surface area contributed by atoms with Crippen LogP contribution in [0.25, 0.3) is 11.0 Å². The number of ether oxygens (including phenoxy) is 1. The summed E-state index contributed by atoms with van der Waals surface area (Å²) in [5.41, 5.74) is 1.07. The first-order valence-electron chi connectivity index (χ1n) is 5.78. The van der Waals surface area contributed by atoms with Gasteiger partial charge < -0.3 is 9.15 Å². The Morgan fingerprint density at radius 1 is 1.32 bits per heavy atom. The third-order valence-electron chi connectivity index (χ3n) is 2.65. The molecule has 1 aromatic carbocycles. The first-order chi connectivity index (χ1) is 9.20. The lowest BCUT2D eigenvalue weighted by Crippen LogP contribution is -1.97. The van der Waals surface area contributed by atoms with Gasteiger partial charge in [-0.3, -0.25) is 0 Å². The van der Waals surface area contributed by atoms with Crippen molar-refractivity contribution in [3.63, 3.8) is 0 Å². The zero-order valence-electron chi connectivity index (χ0n) is 10.3. The number of nitrogens with zero attached hydrogens (tertiary/aromatic N) is 1. The summed E-state index contributed by atoms with van der Waals surface area (Å²) in [6, 6.07) is 8.56. The molecule has 0 saturated carbocycles. The molecule has 0 radical (unpaired) electrons. The molecule has 2 aromatic heterocycles. The van der Waals surface area contributed by atoms with E-state index in [1.165, 1.54) is 6.07 Å². The van der Waals surface area contributed by atoms with E-state index < -0.39 is 0 Å². The Labute approximate surface area is 113 Å². The van der Waals surface area contributed by atoms with Gasteiger partial charge in [-0.25, -0.2) is 9.78 Å². The van der Waals surface area contributed by atoms with Crippen molar-refractivity contribution in [1.82, 2.24) is 4.98 Å². The van der Waals surface area contributed by atoms with Crippen molar-refractivity contribution in [1.29, 1.82) is 0 Å². The molecular weight excluding hydrogens is 262 g/mol. The molecule has 0 saturated heterocycles. The van der Waals surface area contributed by atoms with Crippen LogP contribution in [0.2, 0.25) is 0 Å². The highest BCUT2D eigenvalue weighted by molar-refractivity contribution is 7.09. The zero-order chi connectivity index (χ0) is 13.2. The fraction of sp³-hybridized carbons (Fsp3) is 0.143. The van der Waals surface area contributed by atoms with Crippen molar-refractivity contribution < 1.29 is 9.15 Å². The number of rotatable bonds is 3. The lowest BCUT2D eigenvalue weighted by Gasteiger charge is -2.04. The monoisotopic (exact) mass is 273 g/mol. The van der Waals surface area contributed by atoms with Crippen LogP contribution in [0.4, 0.5) is 0 Å². The third kappa shape index (κ3) is 2.66. The zero-order valence-corrected chi connectivity index (χ0v) is 11.1. The molecule has 0 fully saturated rings. The molecule has 0 atom stereocenters. The highest BCUT2D eigenvalue weighted by Crippen LogP contribution is 2.20. The van der Waals surface area contributed by atoms with Crippen LogP contribution in [0.5, 0.6) is 5.75 Å². The van der Waals surface area contributed by atoms with Crippen LogP contribution in [0.15, 0.2) is 44.9 Å². The largest absolute Gasteiger partial charge is 0.487 e. The van der Waals surface area contributed by atoms with Crippen molar-refractivity contribution in [3.8, 4) is 5.75 Å². The van der Waals surface area contributed by atoms with Crippen LogP contribution in [0.1, 0.15) is 10.7 Å². The highest BCUT2D eigenvalue weighted by atomic mass is 32.1. The summed E-state index contributed by atoms with van der Waals surface area (Å²) < 4.78 is 10.7. The molecule has 2 heterocycles. The second kappa shape index (κ2) is 4.85. The van der Waals surface area contributed by atoms with Crippen LogP contribution >= 0.6 is 11.3 Å². The number of fused-ring (bicyclic) bond motifs is 1. The fourth-order valence-electron chi connectivity index (χ4n) is 1.76. The number of hydrogen-bond donors (Lipinski definition) is 0. The van der Waals surface area contributed by atoms with Crippen molar-refractivity contribution >= 4 is 22.3 Å². The van der Waals surface area contributed by atoms with Gasteiger partial charge in [-0.1, -0.05) is 0 Å². The molecule has 19 heavy (non-hydrogen) atoms. The van der Waals surface area contributed by atoms with Crippen LogP contribution in [-0.2, 0) is 6.61 Å². The van der Waals surface area contributed by atoms with Gasteiger partial charge in [0.2, 0.25) is 0 Å². The topological polar surface area (TPSA) is 52.3 Å². The first kappa shape index (κ1) is 11.9. The summed E-state index contributed by atoms with van der Waals surface area (Å²) in [5, 5.41) is 3.86. The molecule has 0 aliphatic rings. The lowest BCUT2D eigenvalue weighted by atomic mass is 10.2. The Balaban J connectivity index is 1.83. The Morgan fingerprint density at radius 2 is 2.16 bits per heavy atom. The van der Waals surface area contributed by atoms with Gasteiger partial charge >= 0.3 is 5.63 Å². The van der Waals surface area contributed by atoms with Gasteiger partial charge in [0.25, 0.3) is 0 Å². The standard InChI is InChI=1S/C14H11NO3S/c1-9-15-11(8-19-9)7-17-12-4-2-10-3-5-14(16)18-13(10)6-12/h2-6,8H,7H2,1H3. The summed E-state index contributed by atoms with van der Waals surface area (Å²) in [4.78, 5) is 15.5. The van der Waals surface area contributed by atoms with Crippen LogP contribution in [0.3, 0.4) is 0 Å². The van der Waals surface area contributed by atoms with E-state index in [2.05, 4.69) is 4.98 Å². The molecule has 0 unspecified atom stereocenters. The quantitative estimate of drug-likeness (QED) is 0.688. The van der Waals surface area contributed by atoms with Gasteiger partial charge in [0.15, 0.2) is 0 Å². The summed E-state index contributed by atoms with van der Waals surface area (Å²) in [5.74, 6) is 0.660. The summed E-state index contributed by atoms with van der Waals surface area (Å²) in [6.07, 6.45) is 0. The van der Waals surface area contributed by atoms with Gasteiger partial charge in [-0.15, -0.1) is 11.3 Å². The maximum absolute atomic E-state index is 11.2. The minimum Gasteiger partial charge on any atom is -0.487 e. The number of aryl methyl sites for hydroxylation is 1. The van der Waals surface area contributed by atoms with Gasteiger partial charge in [0.05, 0.1) is 10.7 Å². The predicted molar refractivity (Wildman–Crippen MR) is 73.7 cm³/mol. The van der Waals surface area contributed by atoms with Crippen LogP contribution < -0.4 is 10.4 Å². The molecule has 0 amide bonds. The molecule has 0 aliphatic heterocycles. The van der Waals surface area contributed by atoms with E-state index in [-0.39, 0.29) is 5.63 Å². The molecule has 0 aliphatic carbocycles. The van der Waals surface area contributed by atoms with E-state index in [1.807, 2.05) is 24.4 Å². The average Bonchev–Trinajstić information content (AvgIpc) is 2.81. The number of hydrogen-bond acceptors (Lipinski definition) is 5. The van der Waals surface area contributed by atoms with Gasteiger partial charge in [-0.05, 0) is 25.1 Å².